The Kier molecular flexibility index (Phi) is 7.46. The van der Waals surface area contributed by atoms with Crippen molar-refractivity contribution >= 4 is 12.0 Å². The second-order valence-corrected chi connectivity index (χ2v) is 7.05. The minimum Gasteiger partial charge on any atom is -0.480 e. The van der Waals surface area contributed by atoms with Crippen molar-refractivity contribution in [1.82, 2.24) is 20.0 Å². The minimum atomic E-state index is -0.797. The average molecular weight is 356 g/mol. The quantitative estimate of drug-likeness (QED) is 0.650. The number of methoxy groups -OCH3 is 1. The monoisotopic (exact) mass is 356 g/mol. The molecule has 1 aliphatic carbocycles. The summed E-state index contributed by atoms with van der Waals surface area (Å²) in [4.78, 5) is 29.5. The second-order valence-electron chi connectivity index (χ2n) is 7.05. The van der Waals surface area contributed by atoms with Gasteiger partial charge in [0.1, 0.15) is 0 Å². The van der Waals surface area contributed by atoms with Crippen LogP contribution in [0.3, 0.4) is 0 Å². The Labute approximate surface area is 150 Å². The molecule has 8 nitrogen and oxygen atoms in total. The van der Waals surface area contributed by atoms with Gasteiger partial charge < -0.3 is 20.1 Å². The molecule has 25 heavy (non-hydrogen) atoms. The summed E-state index contributed by atoms with van der Waals surface area (Å²) < 4.78 is 5.13. The fourth-order valence-corrected chi connectivity index (χ4v) is 3.66. The van der Waals surface area contributed by atoms with Gasteiger partial charge in [-0.2, -0.15) is 0 Å². The van der Waals surface area contributed by atoms with Crippen LogP contribution in [0, 0.1) is 0 Å². The van der Waals surface area contributed by atoms with Crippen LogP contribution in [-0.4, -0.2) is 103 Å². The summed E-state index contributed by atoms with van der Waals surface area (Å²) in [6.45, 7) is 8.84. The molecule has 0 radical (unpaired) electrons. The van der Waals surface area contributed by atoms with Crippen molar-refractivity contribution in [3.63, 3.8) is 0 Å². The van der Waals surface area contributed by atoms with E-state index in [1.165, 1.54) is 0 Å². The number of carbonyl (C=O) groups excluding carboxylic acids is 1. The molecule has 1 saturated carbocycles. The van der Waals surface area contributed by atoms with Gasteiger partial charge in [0.2, 0.25) is 0 Å². The third kappa shape index (κ3) is 5.55. The van der Waals surface area contributed by atoms with E-state index in [1.807, 2.05) is 16.7 Å². The maximum absolute atomic E-state index is 12.5. The molecular weight excluding hydrogens is 324 g/mol. The second kappa shape index (κ2) is 9.35. The molecule has 144 valence electrons. The molecule has 0 aromatic heterocycles. The standard InChI is InChI=1S/C17H32N4O4/c1-4-19(12-16(22)23)15-9-14(10-15)18-17(24)21-6-5-20(7-8-25-3)13(2)11-21/h13-15H,4-12H2,1-3H3,(H,18,24)(H,22,23). The number of rotatable bonds is 8. The molecule has 1 unspecified atom stereocenters. The van der Waals surface area contributed by atoms with Crippen molar-refractivity contribution in [1.29, 1.82) is 0 Å². The maximum atomic E-state index is 12.5. The van der Waals surface area contributed by atoms with Gasteiger partial charge in [-0.15, -0.1) is 0 Å². The molecule has 0 aromatic carbocycles. The number of carbonyl (C=O) groups is 2. The number of urea groups is 1. The lowest BCUT2D eigenvalue weighted by Gasteiger charge is -2.44. The van der Waals surface area contributed by atoms with E-state index < -0.39 is 5.97 Å². The van der Waals surface area contributed by atoms with Crippen LogP contribution in [0.15, 0.2) is 0 Å². The van der Waals surface area contributed by atoms with Gasteiger partial charge >= 0.3 is 12.0 Å². The third-order valence-corrected chi connectivity index (χ3v) is 5.34. The van der Waals surface area contributed by atoms with Crippen LogP contribution in [0.4, 0.5) is 4.79 Å². The summed E-state index contributed by atoms with van der Waals surface area (Å²) >= 11 is 0. The van der Waals surface area contributed by atoms with E-state index in [4.69, 9.17) is 9.84 Å². The SMILES string of the molecule is CCN(CC(=O)O)C1CC(NC(=O)N2CCN(CCOC)C(C)C2)C1. The summed E-state index contributed by atoms with van der Waals surface area (Å²) in [5.41, 5.74) is 0. The Hall–Kier alpha value is -1.38. The van der Waals surface area contributed by atoms with E-state index in [-0.39, 0.29) is 24.7 Å². The predicted molar refractivity (Wildman–Crippen MR) is 94.7 cm³/mol. The maximum Gasteiger partial charge on any atom is 0.317 e. The van der Waals surface area contributed by atoms with Crippen LogP contribution in [0.5, 0.6) is 0 Å². The Balaban J connectivity index is 1.71. The molecule has 1 saturated heterocycles. The summed E-state index contributed by atoms with van der Waals surface area (Å²) in [6.07, 6.45) is 1.66. The highest BCUT2D eigenvalue weighted by Crippen LogP contribution is 2.26. The molecule has 1 aliphatic heterocycles. The fourth-order valence-electron chi connectivity index (χ4n) is 3.66. The largest absolute Gasteiger partial charge is 0.480 e. The number of nitrogens with one attached hydrogen (secondary N) is 1. The Bertz CT molecular complexity index is 456. The lowest BCUT2D eigenvalue weighted by Crippen LogP contribution is -2.60. The molecule has 2 aliphatic rings. The summed E-state index contributed by atoms with van der Waals surface area (Å²) in [7, 11) is 1.70. The van der Waals surface area contributed by atoms with E-state index >= 15 is 0 Å². The highest BCUT2D eigenvalue weighted by atomic mass is 16.5. The number of piperazine rings is 1. The normalized spacial score (nSPS) is 27.2. The van der Waals surface area contributed by atoms with Crippen LogP contribution < -0.4 is 5.32 Å². The van der Waals surface area contributed by atoms with Gasteiger partial charge in [0, 0.05) is 51.4 Å². The molecule has 0 spiro atoms. The average Bonchev–Trinajstić information content (AvgIpc) is 2.54. The number of nitrogens with zero attached hydrogens (tertiary/aromatic N) is 3. The fraction of sp³-hybridized carbons (Fsp3) is 0.882. The summed E-state index contributed by atoms with van der Waals surface area (Å²) in [6, 6.07) is 0.747. The zero-order chi connectivity index (χ0) is 18.4. The van der Waals surface area contributed by atoms with Crippen molar-refractivity contribution < 1.29 is 19.4 Å². The molecule has 1 heterocycles. The highest BCUT2D eigenvalue weighted by molar-refractivity contribution is 5.75. The van der Waals surface area contributed by atoms with Gasteiger partial charge in [-0.25, -0.2) is 4.79 Å². The first-order valence-electron chi connectivity index (χ1n) is 9.18. The number of carboxylic acids is 1. The predicted octanol–water partition coefficient (Wildman–Crippen LogP) is 0.286. The van der Waals surface area contributed by atoms with E-state index in [0.29, 0.717) is 12.6 Å². The Morgan fingerprint density at radius 2 is 2.04 bits per heavy atom. The van der Waals surface area contributed by atoms with Crippen molar-refractivity contribution in [2.45, 2.75) is 44.8 Å². The summed E-state index contributed by atoms with van der Waals surface area (Å²) in [5, 5.41) is 12.0. The van der Waals surface area contributed by atoms with Crippen molar-refractivity contribution in [2.24, 2.45) is 0 Å². The van der Waals surface area contributed by atoms with Crippen LogP contribution in [0.2, 0.25) is 0 Å². The van der Waals surface area contributed by atoms with Gasteiger partial charge in [0.05, 0.1) is 13.2 Å². The topological polar surface area (TPSA) is 85.4 Å². The Morgan fingerprint density at radius 3 is 2.60 bits per heavy atom. The zero-order valence-corrected chi connectivity index (χ0v) is 15.6. The molecule has 1 atom stereocenters. The molecule has 0 aromatic rings. The van der Waals surface area contributed by atoms with E-state index in [0.717, 1.165) is 45.6 Å². The first-order chi connectivity index (χ1) is 11.9. The van der Waals surface area contributed by atoms with Gasteiger partial charge in [0.25, 0.3) is 0 Å². The van der Waals surface area contributed by atoms with E-state index in [2.05, 4.69) is 17.1 Å². The van der Waals surface area contributed by atoms with E-state index in [9.17, 15) is 9.59 Å². The number of likely N-dealkylation sites (N-methyl/N-ethyl adjacent to an activating group) is 1. The first-order valence-corrected chi connectivity index (χ1v) is 9.18. The van der Waals surface area contributed by atoms with Gasteiger partial charge in [-0.1, -0.05) is 6.92 Å². The van der Waals surface area contributed by atoms with Crippen LogP contribution in [0.25, 0.3) is 0 Å². The molecule has 2 N–H and O–H groups in total. The first kappa shape index (κ1) is 19.9. The van der Waals surface area contributed by atoms with Gasteiger partial charge in [-0.3, -0.25) is 14.6 Å². The third-order valence-electron chi connectivity index (χ3n) is 5.34. The van der Waals surface area contributed by atoms with Crippen LogP contribution in [0.1, 0.15) is 26.7 Å². The van der Waals surface area contributed by atoms with Crippen molar-refractivity contribution in [3.05, 3.63) is 0 Å². The van der Waals surface area contributed by atoms with Crippen LogP contribution >= 0.6 is 0 Å². The Morgan fingerprint density at radius 1 is 1.32 bits per heavy atom. The molecule has 2 rings (SSSR count). The zero-order valence-electron chi connectivity index (χ0n) is 15.6. The van der Waals surface area contributed by atoms with Gasteiger partial charge in [0.15, 0.2) is 0 Å². The molecule has 0 bridgehead atoms. The van der Waals surface area contributed by atoms with Crippen molar-refractivity contribution in [2.75, 3.05) is 53.0 Å². The minimum absolute atomic E-state index is 0.00275. The number of hydrogen-bond donors (Lipinski definition) is 2. The molecular formula is C17H32N4O4. The number of amides is 2. The molecule has 8 heteroatoms. The lowest BCUT2D eigenvalue weighted by atomic mass is 9.85. The van der Waals surface area contributed by atoms with Gasteiger partial charge in [-0.05, 0) is 26.3 Å². The van der Waals surface area contributed by atoms with E-state index in [1.54, 1.807) is 7.11 Å². The van der Waals surface area contributed by atoms with Crippen molar-refractivity contribution in [3.8, 4) is 0 Å². The molecule has 2 amide bonds. The highest BCUT2D eigenvalue weighted by Gasteiger charge is 2.36. The smallest absolute Gasteiger partial charge is 0.317 e. The lowest BCUT2D eigenvalue weighted by molar-refractivity contribution is -0.139. The number of aliphatic carboxylic acids is 1. The number of ether oxygens (including phenoxy) is 1. The number of carboxylic acid groups (broad SMARTS) is 1. The number of hydrogen-bond acceptors (Lipinski definition) is 5. The molecule has 2 fully saturated rings. The van der Waals surface area contributed by atoms with Crippen LogP contribution in [-0.2, 0) is 9.53 Å². The summed E-state index contributed by atoms with van der Waals surface area (Å²) in [5.74, 6) is -0.797.